The van der Waals surface area contributed by atoms with Crippen molar-refractivity contribution in [3.8, 4) is 0 Å². The molecule has 0 amide bonds. The van der Waals surface area contributed by atoms with Crippen LogP contribution in [0.5, 0.6) is 0 Å². The topological polar surface area (TPSA) is 63.5 Å². The van der Waals surface area contributed by atoms with Crippen LogP contribution in [0, 0.1) is 5.92 Å². The molecule has 132 valence electrons. The Labute approximate surface area is 140 Å². The molecular formula is C17H29NO4S. The third-order valence-electron chi connectivity index (χ3n) is 4.61. The molecule has 0 N–H and O–H groups in total. The molecule has 0 aromatic carbocycles. The van der Waals surface area contributed by atoms with Gasteiger partial charge in [-0.15, -0.1) is 0 Å². The molecule has 23 heavy (non-hydrogen) atoms. The minimum Gasteiger partial charge on any atom is -0.465 e. The quantitative estimate of drug-likeness (QED) is 0.437. The Hall–Kier alpha value is -0.880. The van der Waals surface area contributed by atoms with Gasteiger partial charge in [0.25, 0.3) is 0 Å². The SMILES string of the molecule is CCOC(=O)[C@H]1[C@@H](/C=C/C2CCCCC2)N1S(=O)(=O)C(C)(C)C. The van der Waals surface area contributed by atoms with Gasteiger partial charge in [0, 0.05) is 0 Å². The highest BCUT2D eigenvalue weighted by molar-refractivity contribution is 7.90. The van der Waals surface area contributed by atoms with E-state index in [-0.39, 0.29) is 12.6 Å². The fraction of sp³-hybridized carbons (Fsp3) is 0.824. The summed E-state index contributed by atoms with van der Waals surface area (Å²) in [5, 5.41) is 0. The van der Waals surface area contributed by atoms with Gasteiger partial charge in [-0.05, 0) is 46.5 Å². The number of hydrogen-bond acceptors (Lipinski definition) is 4. The molecule has 2 fully saturated rings. The zero-order chi connectivity index (χ0) is 17.3. The Morgan fingerprint density at radius 3 is 2.30 bits per heavy atom. The summed E-state index contributed by atoms with van der Waals surface area (Å²) >= 11 is 0. The molecule has 1 heterocycles. The van der Waals surface area contributed by atoms with Crippen LogP contribution >= 0.6 is 0 Å². The first-order valence-corrected chi connectivity index (χ1v) is 10.0. The lowest BCUT2D eigenvalue weighted by atomic mass is 9.89. The van der Waals surface area contributed by atoms with E-state index in [1.165, 1.54) is 23.6 Å². The standard InChI is InChI=1S/C17H29NO4S/c1-5-22-16(19)15-14(12-11-13-9-7-6-8-10-13)18(15)23(20,21)17(2,3)4/h11-15H,5-10H2,1-4H3/b12-11+/t14-,15-,18?/m1/s1. The van der Waals surface area contributed by atoms with Gasteiger partial charge < -0.3 is 4.74 Å². The first kappa shape index (κ1) is 18.5. The molecule has 2 aliphatic rings. The van der Waals surface area contributed by atoms with Crippen LogP contribution in [0.15, 0.2) is 12.2 Å². The number of nitrogens with zero attached hydrogens (tertiary/aromatic N) is 1. The second-order valence-electron chi connectivity index (χ2n) is 7.42. The average molecular weight is 343 g/mol. The van der Waals surface area contributed by atoms with Crippen LogP contribution in [0.1, 0.15) is 59.8 Å². The molecule has 0 radical (unpaired) electrons. The fourth-order valence-corrected chi connectivity index (χ4v) is 4.71. The molecule has 6 heteroatoms. The summed E-state index contributed by atoms with van der Waals surface area (Å²) in [6, 6.07) is -1.08. The number of ether oxygens (including phenoxy) is 1. The molecule has 1 saturated carbocycles. The van der Waals surface area contributed by atoms with E-state index in [2.05, 4.69) is 6.08 Å². The highest BCUT2D eigenvalue weighted by Crippen LogP contribution is 2.40. The number of sulfonamides is 1. The van der Waals surface area contributed by atoms with Crippen molar-refractivity contribution in [3.63, 3.8) is 0 Å². The molecule has 2 rings (SSSR count). The van der Waals surface area contributed by atoms with Crippen molar-refractivity contribution in [2.24, 2.45) is 5.92 Å². The third-order valence-corrected chi connectivity index (χ3v) is 7.18. The molecule has 1 unspecified atom stereocenters. The predicted octanol–water partition coefficient (Wildman–Crippen LogP) is 2.87. The predicted molar refractivity (Wildman–Crippen MR) is 90.4 cm³/mol. The molecule has 3 atom stereocenters. The van der Waals surface area contributed by atoms with Crippen LogP contribution in [0.25, 0.3) is 0 Å². The van der Waals surface area contributed by atoms with Crippen molar-refractivity contribution >= 4 is 16.0 Å². The number of esters is 1. The number of carbonyl (C=O) groups is 1. The van der Waals surface area contributed by atoms with Gasteiger partial charge in [0.2, 0.25) is 10.0 Å². The summed E-state index contributed by atoms with van der Waals surface area (Å²) in [5.74, 6) is 0.0602. The van der Waals surface area contributed by atoms with Crippen LogP contribution in [0.2, 0.25) is 0 Å². The molecule has 1 aliphatic carbocycles. The number of allylic oxidation sites excluding steroid dienone is 1. The maximum atomic E-state index is 12.7. The van der Waals surface area contributed by atoms with E-state index in [4.69, 9.17) is 4.74 Å². The Balaban J connectivity index is 2.14. The van der Waals surface area contributed by atoms with Crippen LogP contribution in [-0.4, -0.2) is 42.1 Å². The molecular weight excluding hydrogens is 314 g/mol. The summed E-state index contributed by atoms with van der Waals surface area (Å²) in [6.45, 7) is 6.97. The van der Waals surface area contributed by atoms with Crippen molar-refractivity contribution in [3.05, 3.63) is 12.2 Å². The number of hydrogen-bond donors (Lipinski definition) is 0. The molecule has 0 aromatic rings. The first-order valence-electron chi connectivity index (χ1n) is 8.58. The average Bonchev–Trinajstić information content (AvgIpc) is 3.20. The highest BCUT2D eigenvalue weighted by atomic mass is 32.2. The van der Waals surface area contributed by atoms with Crippen molar-refractivity contribution in [1.29, 1.82) is 0 Å². The Morgan fingerprint density at radius 2 is 1.78 bits per heavy atom. The molecule has 0 bridgehead atoms. The van der Waals surface area contributed by atoms with E-state index >= 15 is 0 Å². The minimum absolute atomic E-state index is 0.262. The van der Waals surface area contributed by atoms with Gasteiger partial charge in [0.05, 0.1) is 17.4 Å². The number of rotatable bonds is 5. The third kappa shape index (κ3) is 3.97. The second kappa shape index (κ2) is 6.93. The summed E-state index contributed by atoms with van der Waals surface area (Å²) in [5.41, 5.74) is 0. The van der Waals surface area contributed by atoms with Gasteiger partial charge in [-0.2, -0.15) is 4.31 Å². The van der Waals surface area contributed by atoms with E-state index in [9.17, 15) is 13.2 Å². The largest absolute Gasteiger partial charge is 0.465 e. The lowest BCUT2D eigenvalue weighted by Crippen LogP contribution is -2.36. The van der Waals surface area contributed by atoms with Crippen LogP contribution in [-0.2, 0) is 19.6 Å². The van der Waals surface area contributed by atoms with E-state index in [1.54, 1.807) is 27.7 Å². The second-order valence-corrected chi connectivity index (χ2v) is 10.0. The Kier molecular flexibility index (Phi) is 5.56. The normalized spacial score (nSPS) is 29.7. The smallest absolute Gasteiger partial charge is 0.326 e. The zero-order valence-corrected chi connectivity index (χ0v) is 15.4. The van der Waals surface area contributed by atoms with Crippen molar-refractivity contribution in [2.45, 2.75) is 76.6 Å². The monoisotopic (exact) mass is 343 g/mol. The summed E-state index contributed by atoms with van der Waals surface area (Å²) in [6.07, 6.45) is 10.0. The van der Waals surface area contributed by atoms with Crippen LogP contribution < -0.4 is 0 Å². The molecule has 0 aromatic heterocycles. The minimum atomic E-state index is -3.54. The summed E-state index contributed by atoms with van der Waals surface area (Å²) < 4.78 is 30.8. The maximum Gasteiger partial charge on any atom is 0.326 e. The van der Waals surface area contributed by atoms with Gasteiger partial charge >= 0.3 is 5.97 Å². The van der Waals surface area contributed by atoms with Gasteiger partial charge in [-0.1, -0.05) is 31.4 Å². The van der Waals surface area contributed by atoms with Gasteiger partial charge in [-0.3, -0.25) is 4.79 Å². The van der Waals surface area contributed by atoms with Crippen molar-refractivity contribution < 1.29 is 17.9 Å². The maximum absolute atomic E-state index is 12.7. The van der Waals surface area contributed by atoms with Crippen molar-refractivity contribution in [2.75, 3.05) is 6.61 Å². The number of carbonyl (C=O) groups excluding carboxylic acids is 1. The van der Waals surface area contributed by atoms with E-state index in [0.717, 1.165) is 12.8 Å². The summed E-state index contributed by atoms with van der Waals surface area (Å²) in [4.78, 5) is 12.1. The van der Waals surface area contributed by atoms with Crippen LogP contribution in [0.4, 0.5) is 0 Å². The van der Waals surface area contributed by atoms with E-state index in [0.29, 0.717) is 5.92 Å². The zero-order valence-electron chi connectivity index (χ0n) is 14.6. The van der Waals surface area contributed by atoms with Crippen LogP contribution in [0.3, 0.4) is 0 Å². The summed E-state index contributed by atoms with van der Waals surface area (Å²) in [7, 11) is -3.54. The van der Waals surface area contributed by atoms with Gasteiger partial charge in [0.1, 0.15) is 6.04 Å². The lowest BCUT2D eigenvalue weighted by Gasteiger charge is -2.20. The lowest BCUT2D eigenvalue weighted by molar-refractivity contribution is -0.143. The van der Waals surface area contributed by atoms with E-state index < -0.39 is 26.8 Å². The highest BCUT2D eigenvalue weighted by Gasteiger charge is 2.61. The Bertz CT molecular complexity index is 556. The van der Waals surface area contributed by atoms with E-state index in [1.807, 2.05) is 6.08 Å². The molecule has 1 saturated heterocycles. The van der Waals surface area contributed by atoms with Gasteiger partial charge in [-0.25, -0.2) is 8.42 Å². The molecule has 1 aliphatic heterocycles. The first-order chi connectivity index (χ1) is 10.7. The fourth-order valence-electron chi connectivity index (χ4n) is 3.11. The molecule has 0 spiro atoms. The van der Waals surface area contributed by atoms with Gasteiger partial charge in [0.15, 0.2) is 0 Å². The Morgan fingerprint density at radius 1 is 1.17 bits per heavy atom. The van der Waals surface area contributed by atoms with Crippen molar-refractivity contribution in [1.82, 2.24) is 4.31 Å². The molecule has 5 nitrogen and oxygen atoms in total.